The molecule has 4 N–H and O–H groups in total. The fourth-order valence-corrected chi connectivity index (χ4v) is 4.45. The summed E-state index contributed by atoms with van der Waals surface area (Å²) in [6.07, 6.45) is 4.88. The first-order valence-electron chi connectivity index (χ1n) is 12.0. The summed E-state index contributed by atoms with van der Waals surface area (Å²) in [4.78, 5) is 33.2. The average Bonchev–Trinajstić information content (AvgIpc) is 3.63. The average molecular weight is 503 g/mol. The Kier molecular flexibility index (Phi) is 5.99. The second-order valence-electron chi connectivity index (χ2n) is 9.85. The Bertz CT molecular complexity index is 1530. The van der Waals surface area contributed by atoms with Crippen LogP contribution >= 0.6 is 0 Å². The lowest BCUT2D eigenvalue weighted by atomic mass is 9.95. The summed E-state index contributed by atoms with van der Waals surface area (Å²) in [5.41, 5.74) is 8.02. The van der Waals surface area contributed by atoms with Crippen molar-refractivity contribution in [1.29, 1.82) is 0 Å². The number of halogens is 1. The number of primary amides is 1. The Hall–Kier alpha value is -4.18. The highest BCUT2D eigenvalue weighted by atomic mass is 19.1. The molecule has 1 aliphatic carbocycles. The van der Waals surface area contributed by atoms with Gasteiger partial charge in [0.15, 0.2) is 0 Å². The van der Waals surface area contributed by atoms with Crippen molar-refractivity contribution in [2.75, 3.05) is 7.05 Å². The van der Waals surface area contributed by atoms with Crippen LogP contribution in [0.3, 0.4) is 0 Å². The van der Waals surface area contributed by atoms with Crippen LogP contribution in [0, 0.1) is 5.82 Å². The number of nitrogens with zero attached hydrogens (tertiary/aromatic N) is 4. The zero-order chi connectivity index (χ0) is 26.5. The standard InChI is InChI=1S/C27H27FN6O3/c1-27(2,37)18-6-7-20(28)19(11-18)17-12-31-26(32-13-17)34-21-9-16(25(36)30-3)8-15(10-22(29)35)23(21)24(33-34)14-4-5-14/h6-9,11-14,37H,4-5,10H2,1-3H3,(H2,29,35)(H,30,36). The lowest BCUT2D eigenvalue weighted by Crippen LogP contribution is -2.19. The number of hydrogen-bond acceptors (Lipinski definition) is 6. The number of nitrogens with one attached hydrogen (secondary N) is 1. The van der Waals surface area contributed by atoms with Gasteiger partial charge in [-0.25, -0.2) is 14.4 Å². The molecule has 0 radical (unpaired) electrons. The van der Waals surface area contributed by atoms with Crippen LogP contribution in [0.2, 0.25) is 0 Å². The Labute approximate surface area is 212 Å². The number of benzene rings is 2. The minimum atomic E-state index is -1.14. The van der Waals surface area contributed by atoms with Gasteiger partial charge in [-0.3, -0.25) is 9.59 Å². The van der Waals surface area contributed by atoms with Crippen molar-refractivity contribution in [1.82, 2.24) is 25.1 Å². The maximum Gasteiger partial charge on any atom is 0.251 e. The van der Waals surface area contributed by atoms with Crippen LogP contribution in [0.5, 0.6) is 0 Å². The Morgan fingerprint density at radius 1 is 1.19 bits per heavy atom. The molecule has 0 unspecified atom stereocenters. The minimum absolute atomic E-state index is 0.0383. The van der Waals surface area contributed by atoms with E-state index in [1.807, 2.05) is 0 Å². The largest absolute Gasteiger partial charge is 0.386 e. The van der Waals surface area contributed by atoms with Gasteiger partial charge in [0, 0.05) is 47.4 Å². The summed E-state index contributed by atoms with van der Waals surface area (Å²) >= 11 is 0. The van der Waals surface area contributed by atoms with Crippen molar-refractivity contribution >= 4 is 22.7 Å². The molecule has 4 aromatic rings. The number of rotatable bonds is 7. The first-order chi connectivity index (χ1) is 17.6. The van der Waals surface area contributed by atoms with E-state index in [1.54, 1.807) is 36.7 Å². The SMILES string of the molecule is CNC(=O)c1cc(CC(N)=O)c2c(C3CC3)nn(-c3ncc(-c4cc(C(C)(C)O)ccc4F)cn3)c2c1. The molecule has 0 atom stereocenters. The van der Waals surface area contributed by atoms with Gasteiger partial charge in [-0.2, -0.15) is 9.78 Å². The second kappa shape index (κ2) is 9.04. The van der Waals surface area contributed by atoms with Crippen molar-refractivity contribution in [3.05, 3.63) is 70.9 Å². The lowest BCUT2D eigenvalue weighted by Gasteiger charge is -2.19. The fourth-order valence-electron chi connectivity index (χ4n) is 4.45. The molecule has 2 amide bonds. The maximum atomic E-state index is 14.6. The molecule has 9 nitrogen and oxygen atoms in total. The lowest BCUT2D eigenvalue weighted by molar-refractivity contribution is -0.117. The van der Waals surface area contributed by atoms with Crippen molar-refractivity contribution in [3.63, 3.8) is 0 Å². The molecule has 1 aliphatic rings. The topological polar surface area (TPSA) is 136 Å². The molecule has 2 aromatic carbocycles. The molecule has 10 heteroatoms. The molecule has 37 heavy (non-hydrogen) atoms. The van der Waals surface area contributed by atoms with Gasteiger partial charge in [-0.1, -0.05) is 6.07 Å². The zero-order valence-corrected chi connectivity index (χ0v) is 20.7. The van der Waals surface area contributed by atoms with E-state index in [1.165, 1.54) is 31.6 Å². The number of amides is 2. The molecule has 190 valence electrons. The molecule has 0 bridgehead atoms. The van der Waals surface area contributed by atoms with Gasteiger partial charge in [-0.05, 0) is 62.1 Å². The zero-order valence-electron chi connectivity index (χ0n) is 20.7. The first-order valence-corrected chi connectivity index (χ1v) is 12.0. The summed E-state index contributed by atoms with van der Waals surface area (Å²) in [6, 6.07) is 7.79. The van der Waals surface area contributed by atoms with Crippen LogP contribution in [0.4, 0.5) is 4.39 Å². The van der Waals surface area contributed by atoms with E-state index >= 15 is 0 Å². The summed E-state index contributed by atoms with van der Waals surface area (Å²) in [6.45, 7) is 3.26. The van der Waals surface area contributed by atoms with Crippen molar-refractivity contribution in [2.45, 2.75) is 44.6 Å². The van der Waals surface area contributed by atoms with Crippen LogP contribution in [-0.2, 0) is 16.8 Å². The molecule has 2 aromatic heterocycles. The van der Waals surface area contributed by atoms with E-state index in [0.717, 1.165) is 23.9 Å². The summed E-state index contributed by atoms with van der Waals surface area (Å²) in [5.74, 6) is -0.818. The number of fused-ring (bicyclic) bond motifs is 1. The van der Waals surface area contributed by atoms with Gasteiger partial charge < -0.3 is 16.2 Å². The molecule has 2 heterocycles. The number of aromatic nitrogens is 4. The third kappa shape index (κ3) is 4.67. The van der Waals surface area contributed by atoms with E-state index in [-0.39, 0.29) is 29.8 Å². The highest BCUT2D eigenvalue weighted by Crippen LogP contribution is 2.44. The van der Waals surface area contributed by atoms with Crippen molar-refractivity contribution in [2.24, 2.45) is 5.73 Å². The molecule has 0 aliphatic heterocycles. The molecule has 0 spiro atoms. The summed E-state index contributed by atoms with van der Waals surface area (Å²) < 4.78 is 16.2. The van der Waals surface area contributed by atoms with Crippen LogP contribution in [0.1, 0.15) is 59.8 Å². The molecule has 1 saturated carbocycles. The quantitative estimate of drug-likeness (QED) is 0.355. The molecular weight excluding hydrogens is 475 g/mol. The number of carbonyl (C=O) groups is 2. The predicted octanol–water partition coefficient (Wildman–Crippen LogP) is 3.11. The second-order valence-corrected chi connectivity index (χ2v) is 9.85. The van der Waals surface area contributed by atoms with E-state index in [9.17, 15) is 19.1 Å². The normalized spacial score (nSPS) is 13.6. The highest BCUT2D eigenvalue weighted by molar-refractivity contribution is 6.01. The molecule has 0 saturated heterocycles. The van der Waals surface area contributed by atoms with Crippen LogP contribution < -0.4 is 11.1 Å². The third-order valence-electron chi connectivity index (χ3n) is 6.52. The smallest absolute Gasteiger partial charge is 0.251 e. The summed E-state index contributed by atoms with van der Waals surface area (Å²) in [7, 11) is 1.53. The predicted molar refractivity (Wildman–Crippen MR) is 136 cm³/mol. The Balaban J connectivity index is 1.65. The van der Waals surface area contributed by atoms with E-state index < -0.39 is 17.3 Å². The monoisotopic (exact) mass is 502 g/mol. The third-order valence-corrected chi connectivity index (χ3v) is 6.52. The van der Waals surface area contributed by atoms with E-state index in [4.69, 9.17) is 10.8 Å². The molecule has 1 fully saturated rings. The Morgan fingerprint density at radius 2 is 1.89 bits per heavy atom. The van der Waals surface area contributed by atoms with E-state index in [2.05, 4.69) is 15.3 Å². The van der Waals surface area contributed by atoms with Gasteiger partial charge in [0.2, 0.25) is 5.91 Å². The maximum absolute atomic E-state index is 14.6. The van der Waals surface area contributed by atoms with Gasteiger partial charge in [0.1, 0.15) is 5.82 Å². The van der Waals surface area contributed by atoms with Crippen molar-refractivity contribution in [3.8, 4) is 17.1 Å². The molecular formula is C27H27FN6O3. The molecule has 5 rings (SSSR count). The van der Waals surface area contributed by atoms with Crippen LogP contribution in [0.25, 0.3) is 28.0 Å². The van der Waals surface area contributed by atoms with Crippen molar-refractivity contribution < 1.29 is 19.1 Å². The number of nitrogens with two attached hydrogens (primary N) is 1. The van der Waals surface area contributed by atoms with E-state index in [0.29, 0.717) is 27.8 Å². The van der Waals surface area contributed by atoms with Crippen LogP contribution in [0.15, 0.2) is 42.7 Å². The number of aliphatic hydroxyl groups is 1. The van der Waals surface area contributed by atoms with Gasteiger partial charge >= 0.3 is 0 Å². The minimum Gasteiger partial charge on any atom is -0.386 e. The van der Waals surface area contributed by atoms with Gasteiger partial charge in [0.25, 0.3) is 11.9 Å². The first kappa shape index (κ1) is 24.5. The van der Waals surface area contributed by atoms with Gasteiger partial charge in [-0.15, -0.1) is 0 Å². The Morgan fingerprint density at radius 3 is 2.49 bits per heavy atom. The highest BCUT2D eigenvalue weighted by Gasteiger charge is 2.32. The number of hydrogen-bond donors (Lipinski definition) is 3. The summed E-state index contributed by atoms with van der Waals surface area (Å²) in [5, 5.41) is 18.5. The van der Waals surface area contributed by atoms with Crippen LogP contribution in [-0.4, -0.2) is 43.7 Å². The van der Waals surface area contributed by atoms with Gasteiger partial charge in [0.05, 0.1) is 23.2 Å². The number of carbonyl (C=O) groups excluding carboxylic acids is 2. The fraction of sp³-hybridized carbons (Fsp3) is 0.296.